The molecule has 1 amide bonds. The van der Waals surface area contributed by atoms with Crippen LogP contribution in [0.4, 0.5) is 11.4 Å². The first-order valence-electron chi connectivity index (χ1n) is 9.33. The molecule has 0 aliphatic rings. The first kappa shape index (κ1) is 20.3. The van der Waals surface area contributed by atoms with Crippen LogP contribution in [0.25, 0.3) is 11.3 Å². The van der Waals surface area contributed by atoms with Gasteiger partial charge >= 0.3 is 0 Å². The maximum absolute atomic E-state index is 12.5. The van der Waals surface area contributed by atoms with Gasteiger partial charge in [-0.3, -0.25) is 19.9 Å². The van der Waals surface area contributed by atoms with Gasteiger partial charge in [-0.1, -0.05) is 23.7 Å². The lowest BCUT2D eigenvalue weighted by atomic mass is 10.1. The number of hydrogen-bond acceptors (Lipinski definition) is 5. The van der Waals surface area contributed by atoms with Crippen LogP contribution in [0.1, 0.15) is 21.7 Å². The summed E-state index contributed by atoms with van der Waals surface area (Å²) in [6.45, 7) is 0. The summed E-state index contributed by atoms with van der Waals surface area (Å²) in [5.74, 6) is 0.0363. The first-order valence-corrected chi connectivity index (χ1v) is 9.71. The molecule has 0 aliphatic heterocycles. The molecule has 7 nitrogen and oxygen atoms in total. The van der Waals surface area contributed by atoms with E-state index >= 15 is 0 Å². The summed E-state index contributed by atoms with van der Waals surface area (Å²) in [6, 6.07) is 18.6. The number of carbonyl (C=O) groups is 1. The standard InChI is InChI=1S/C23H16ClN3O4/c24-20-14-18(27(29)30)5-6-19(20)21-7-8-22(31-21)23(28)26-17-3-1-15(2-4-17)13-16-9-11-25-12-10-16/h1-12,14H,13H2,(H,26,28). The summed E-state index contributed by atoms with van der Waals surface area (Å²) in [4.78, 5) is 26.9. The van der Waals surface area contributed by atoms with E-state index in [1.54, 1.807) is 18.5 Å². The number of amides is 1. The Balaban J connectivity index is 1.44. The molecule has 0 radical (unpaired) electrons. The van der Waals surface area contributed by atoms with Crippen molar-refractivity contribution in [1.82, 2.24) is 4.98 Å². The molecule has 4 rings (SSSR count). The van der Waals surface area contributed by atoms with Gasteiger partial charge in [-0.15, -0.1) is 0 Å². The van der Waals surface area contributed by atoms with Gasteiger partial charge in [0.15, 0.2) is 5.76 Å². The van der Waals surface area contributed by atoms with Gasteiger partial charge in [0.05, 0.1) is 9.95 Å². The van der Waals surface area contributed by atoms with Gasteiger partial charge in [0.1, 0.15) is 5.76 Å². The third-order valence-electron chi connectivity index (χ3n) is 4.63. The molecule has 8 heteroatoms. The zero-order chi connectivity index (χ0) is 21.8. The molecular weight excluding hydrogens is 418 g/mol. The van der Waals surface area contributed by atoms with Crippen LogP contribution >= 0.6 is 11.6 Å². The summed E-state index contributed by atoms with van der Waals surface area (Å²) in [7, 11) is 0. The smallest absolute Gasteiger partial charge is 0.291 e. The molecule has 0 spiro atoms. The lowest BCUT2D eigenvalue weighted by Gasteiger charge is -2.06. The summed E-state index contributed by atoms with van der Waals surface area (Å²) in [5, 5.41) is 13.8. The summed E-state index contributed by atoms with van der Waals surface area (Å²) < 4.78 is 5.62. The van der Waals surface area contributed by atoms with E-state index in [-0.39, 0.29) is 16.5 Å². The van der Waals surface area contributed by atoms with Crippen LogP contribution in [0.3, 0.4) is 0 Å². The summed E-state index contributed by atoms with van der Waals surface area (Å²) in [5.41, 5.74) is 3.24. The van der Waals surface area contributed by atoms with Gasteiger partial charge in [0.2, 0.25) is 0 Å². The fraction of sp³-hybridized carbons (Fsp3) is 0.0435. The van der Waals surface area contributed by atoms with Crippen LogP contribution in [0.15, 0.2) is 83.5 Å². The van der Waals surface area contributed by atoms with Crippen LogP contribution in [0.5, 0.6) is 0 Å². The number of nitrogens with zero attached hydrogens (tertiary/aromatic N) is 2. The second-order valence-corrected chi connectivity index (χ2v) is 7.18. The van der Waals surface area contributed by atoms with Crippen LogP contribution in [0.2, 0.25) is 5.02 Å². The number of hydrogen-bond donors (Lipinski definition) is 1. The predicted octanol–water partition coefficient (Wildman–Crippen LogP) is 5.75. The van der Waals surface area contributed by atoms with Gasteiger partial charge < -0.3 is 9.73 Å². The van der Waals surface area contributed by atoms with Crippen molar-refractivity contribution < 1.29 is 14.1 Å². The molecule has 1 N–H and O–H groups in total. The largest absolute Gasteiger partial charge is 0.451 e. The molecule has 0 saturated carbocycles. The van der Waals surface area contributed by atoms with E-state index in [0.29, 0.717) is 17.0 Å². The van der Waals surface area contributed by atoms with Gasteiger partial charge in [-0.05, 0) is 60.0 Å². The molecule has 4 aromatic rings. The Kier molecular flexibility index (Phi) is 5.77. The Morgan fingerprint density at radius 2 is 1.71 bits per heavy atom. The summed E-state index contributed by atoms with van der Waals surface area (Å²) in [6.07, 6.45) is 4.28. The number of pyridine rings is 1. The molecule has 0 atom stereocenters. The van der Waals surface area contributed by atoms with E-state index in [4.69, 9.17) is 16.0 Å². The van der Waals surface area contributed by atoms with E-state index in [1.807, 2.05) is 36.4 Å². The van der Waals surface area contributed by atoms with Crippen molar-refractivity contribution in [2.75, 3.05) is 5.32 Å². The normalized spacial score (nSPS) is 10.6. The van der Waals surface area contributed by atoms with Crippen molar-refractivity contribution in [3.8, 4) is 11.3 Å². The zero-order valence-electron chi connectivity index (χ0n) is 16.1. The van der Waals surface area contributed by atoms with Crippen molar-refractivity contribution in [1.29, 1.82) is 0 Å². The molecule has 31 heavy (non-hydrogen) atoms. The number of aromatic nitrogens is 1. The third-order valence-corrected chi connectivity index (χ3v) is 4.94. The minimum absolute atomic E-state index is 0.102. The first-order chi connectivity index (χ1) is 15.0. The highest BCUT2D eigenvalue weighted by atomic mass is 35.5. The number of nitro benzene ring substituents is 1. The van der Waals surface area contributed by atoms with Crippen LogP contribution in [0, 0.1) is 10.1 Å². The molecule has 2 aromatic heterocycles. The maximum atomic E-state index is 12.5. The number of furan rings is 1. The Morgan fingerprint density at radius 3 is 2.39 bits per heavy atom. The minimum atomic E-state index is -0.529. The summed E-state index contributed by atoms with van der Waals surface area (Å²) >= 11 is 6.13. The molecule has 2 aromatic carbocycles. The third kappa shape index (κ3) is 4.79. The Hall–Kier alpha value is -3.97. The number of anilines is 1. The van der Waals surface area contributed by atoms with Crippen molar-refractivity contribution in [2.45, 2.75) is 6.42 Å². The molecule has 2 heterocycles. The number of nitro groups is 1. The number of nitrogens with one attached hydrogen (secondary N) is 1. The second kappa shape index (κ2) is 8.81. The molecular formula is C23H16ClN3O4. The highest BCUT2D eigenvalue weighted by molar-refractivity contribution is 6.33. The SMILES string of the molecule is O=C(Nc1ccc(Cc2ccncc2)cc1)c1ccc(-c2ccc([N+](=O)[O-])cc2Cl)o1. The fourth-order valence-corrected chi connectivity index (χ4v) is 3.32. The maximum Gasteiger partial charge on any atom is 0.291 e. The van der Waals surface area contributed by atoms with Crippen molar-refractivity contribution in [3.63, 3.8) is 0 Å². The van der Waals surface area contributed by atoms with E-state index in [0.717, 1.165) is 17.5 Å². The molecule has 0 fully saturated rings. The van der Waals surface area contributed by atoms with E-state index in [9.17, 15) is 14.9 Å². The number of carbonyl (C=O) groups excluding carboxylic acids is 1. The number of benzene rings is 2. The predicted molar refractivity (Wildman–Crippen MR) is 117 cm³/mol. The fourth-order valence-electron chi connectivity index (χ4n) is 3.06. The monoisotopic (exact) mass is 433 g/mol. The van der Waals surface area contributed by atoms with Gasteiger partial charge in [-0.25, -0.2) is 0 Å². The highest BCUT2D eigenvalue weighted by Crippen LogP contribution is 2.32. The molecule has 0 saturated heterocycles. The quantitative estimate of drug-likeness (QED) is 0.308. The van der Waals surface area contributed by atoms with Gasteiger partial charge in [-0.2, -0.15) is 0 Å². The Labute approximate surface area is 182 Å². The average Bonchev–Trinajstić information content (AvgIpc) is 3.26. The van der Waals surface area contributed by atoms with Crippen LogP contribution in [-0.4, -0.2) is 15.8 Å². The zero-order valence-corrected chi connectivity index (χ0v) is 16.9. The van der Waals surface area contributed by atoms with Gasteiger partial charge in [0.25, 0.3) is 11.6 Å². The van der Waals surface area contributed by atoms with E-state index in [2.05, 4.69) is 10.3 Å². The number of halogens is 1. The van der Waals surface area contributed by atoms with Crippen LogP contribution in [-0.2, 0) is 6.42 Å². The van der Waals surface area contributed by atoms with E-state index in [1.165, 1.54) is 24.3 Å². The average molecular weight is 434 g/mol. The molecule has 0 bridgehead atoms. The molecule has 0 unspecified atom stereocenters. The topological polar surface area (TPSA) is 98.3 Å². The number of non-ortho nitro benzene ring substituents is 1. The van der Waals surface area contributed by atoms with Crippen LogP contribution < -0.4 is 5.32 Å². The Morgan fingerprint density at radius 1 is 1.00 bits per heavy atom. The highest BCUT2D eigenvalue weighted by Gasteiger charge is 2.16. The van der Waals surface area contributed by atoms with Crippen molar-refractivity contribution in [3.05, 3.63) is 111 Å². The molecule has 154 valence electrons. The van der Waals surface area contributed by atoms with Gasteiger partial charge in [0, 0.05) is 35.8 Å². The van der Waals surface area contributed by atoms with Crippen molar-refractivity contribution in [2.24, 2.45) is 0 Å². The van der Waals surface area contributed by atoms with E-state index < -0.39 is 10.8 Å². The Bertz CT molecular complexity index is 1240. The minimum Gasteiger partial charge on any atom is -0.451 e. The second-order valence-electron chi connectivity index (χ2n) is 6.77. The number of rotatable bonds is 6. The lowest BCUT2D eigenvalue weighted by Crippen LogP contribution is -2.10. The van der Waals surface area contributed by atoms with Crippen molar-refractivity contribution >= 4 is 28.9 Å². The lowest BCUT2D eigenvalue weighted by molar-refractivity contribution is -0.384. The molecule has 0 aliphatic carbocycles.